The van der Waals surface area contributed by atoms with E-state index in [1.165, 1.54) is 18.6 Å². The van der Waals surface area contributed by atoms with Gasteiger partial charge in [-0.25, -0.2) is 0 Å². The van der Waals surface area contributed by atoms with Gasteiger partial charge in [0.05, 0.1) is 11.3 Å². The summed E-state index contributed by atoms with van der Waals surface area (Å²) >= 11 is 1.94. The fourth-order valence-electron chi connectivity index (χ4n) is 1.80. The SMILES string of the molecule is C1CSC(c2noc(C3CCN3)n2)C1. The zero-order valence-electron chi connectivity index (χ0n) is 7.90. The van der Waals surface area contributed by atoms with E-state index in [4.69, 9.17) is 4.52 Å². The predicted octanol–water partition coefficient (Wildman–Crippen LogP) is 1.67. The molecule has 3 rings (SSSR count). The first-order valence-electron chi connectivity index (χ1n) is 5.12. The van der Waals surface area contributed by atoms with Crippen molar-refractivity contribution < 1.29 is 4.52 Å². The lowest BCUT2D eigenvalue weighted by molar-refractivity contribution is 0.272. The van der Waals surface area contributed by atoms with Gasteiger partial charge in [-0.1, -0.05) is 5.16 Å². The normalized spacial score (nSPS) is 31.7. The molecule has 0 amide bonds. The minimum Gasteiger partial charge on any atom is -0.338 e. The molecular formula is C9H13N3OS. The van der Waals surface area contributed by atoms with Crippen molar-refractivity contribution in [3.63, 3.8) is 0 Å². The molecule has 0 bridgehead atoms. The van der Waals surface area contributed by atoms with Crippen molar-refractivity contribution in [3.05, 3.63) is 11.7 Å². The van der Waals surface area contributed by atoms with E-state index < -0.39 is 0 Å². The van der Waals surface area contributed by atoms with Crippen molar-refractivity contribution >= 4 is 11.8 Å². The Morgan fingerprint density at radius 3 is 3.00 bits per heavy atom. The third kappa shape index (κ3) is 1.44. The molecule has 0 aliphatic carbocycles. The minimum atomic E-state index is 0.322. The van der Waals surface area contributed by atoms with Gasteiger partial charge in [0, 0.05) is 0 Å². The Balaban J connectivity index is 1.75. The van der Waals surface area contributed by atoms with E-state index in [1.54, 1.807) is 0 Å². The molecule has 0 saturated carbocycles. The second kappa shape index (κ2) is 3.55. The molecule has 14 heavy (non-hydrogen) atoms. The molecule has 4 nitrogen and oxygen atoms in total. The third-order valence-corrected chi connectivity index (χ3v) is 4.17. The average Bonchev–Trinajstić information content (AvgIpc) is 2.65. The van der Waals surface area contributed by atoms with Crippen molar-refractivity contribution in [2.45, 2.75) is 30.6 Å². The van der Waals surface area contributed by atoms with Crippen molar-refractivity contribution in [2.24, 2.45) is 0 Å². The largest absolute Gasteiger partial charge is 0.338 e. The number of aromatic nitrogens is 2. The number of nitrogens with zero attached hydrogens (tertiary/aromatic N) is 2. The van der Waals surface area contributed by atoms with E-state index in [2.05, 4.69) is 15.5 Å². The van der Waals surface area contributed by atoms with Crippen LogP contribution in [-0.4, -0.2) is 22.4 Å². The summed E-state index contributed by atoms with van der Waals surface area (Å²) in [6, 6.07) is 0.322. The average molecular weight is 211 g/mol. The highest BCUT2D eigenvalue weighted by atomic mass is 32.2. The Morgan fingerprint density at radius 1 is 1.43 bits per heavy atom. The van der Waals surface area contributed by atoms with E-state index >= 15 is 0 Å². The summed E-state index contributed by atoms with van der Waals surface area (Å²) in [6.07, 6.45) is 3.60. The van der Waals surface area contributed by atoms with Crippen LogP contribution in [0.4, 0.5) is 0 Å². The first-order chi connectivity index (χ1) is 6.93. The standard InChI is InChI=1S/C9H13N3OS/c1-2-7(14-5-1)8-11-9(13-12-8)6-3-4-10-6/h6-7,10H,1-5H2. The Hall–Kier alpha value is -0.550. The van der Waals surface area contributed by atoms with E-state index in [9.17, 15) is 0 Å². The predicted molar refractivity (Wildman–Crippen MR) is 54.1 cm³/mol. The van der Waals surface area contributed by atoms with Crippen LogP contribution in [0.25, 0.3) is 0 Å². The van der Waals surface area contributed by atoms with Crippen molar-refractivity contribution in [1.82, 2.24) is 15.5 Å². The van der Waals surface area contributed by atoms with Crippen molar-refractivity contribution in [1.29, 1.82) is 0 Å². The van der Waals surface area contributed by atoms with Crippen LogP contribution in [-0.2, 0) is 0 Å². The molecule has 2 fully saturated rings. The lowest BCUT2D eigenvalue weighted by atomic mass is 10.1. The van der Waals surface area contributed by atoms with Gasteiger partial charge in [0.2, 0.25) is 5.89 Å². The van der Waals surface area contributed by atoms with E-state index in [-0.39, 0.29) is 0 Å². The molecule has 2 aliphatic rings. The number of thioether (sulfide) groups is 1. The van der Waals surface area contributed by atoms with Crippen molar-refractivity contribution in [2.75, 3.05) is 12.3 Å². The molecule has 3 heterocycles. The third-order valence-electron chi connectivity index (χ3n) is 2.80. The summed E-state index contributed by atoms with van der Waals surface area (Å²) < 4.78 is 5.24. The monoisotopic (exact) mass is 211 g/mol. The molecule has 2 atom stereocenters. The molecule has 2 aliphatic heterocycles. The highest BCUT2D eigenvalue weighted by molar-refractivity contribution is 7.99. The summed E-state index contributed by atoms with van der Waals surface area (Å²) in [6.45, 7) is 1.07. The van der Waals surface area contributed by atoms with Gasteiger partial charge < -0.3 is 9.84 Å². The zero-order chi connectivity index (χ0) is 9.38. The van der Waals surface area contributed by atoms with Gasteiger partial charge >= 0.3 is 0 Å². The molecule has 0 aromatic carbocycles. The lowest BCUT2D eigenvalue weighted by Gasteiger charge is -2.23. The first kappa shape index (κ1) is 8.73. The van der Waals surface area contributed by atoms with Crippen LogP contribution in [0.15, 0.2) is 4.52 Å². The van der Waals surface area contributed by atoms with Gasteiger partial charge in [0.1, 0.15) is 0 Å². The molecule has 1 aromatic rings. The Bertz CT molecular complexity index is 318. The second-order valence-electron chi connectivity index (χ2n) is 3.79. The summed E-state index contributed by atoms with van der Waals surface area (Å²) in [5.74, 6) is 2.91. The maximum absolute atomic E-state index is 5.24. The molecule has 1 N–H and O–H groups in total. The topological polar surface area (TPSA) is 51.0 Å². The van der Waals surface area contributed by atoms with Crippen LogP contribution in [0, 0.1) is 0 Å². The Labute approximate surface area is 86.8 Å². The molecule has 2 unspecified atom stereocenters. The van der Waals surface area contributed by atoms with E-state index in [0.717, 1.165) is 24.7 Å². The maximum Gasteiger partial charge on any atom is 0.243 e. The summed E-state index contributed by atoms with van der Waals surface area (Å²) in [5.41, 5.74) is 0. The fraction of sp³-hybridized carbons (Fsp3) is 0.778. The first-order valence-corrected chi connectivity index (χ1v) is 6.17. The number of hydrogen-bond acceptors (Lipinski definition) is 5. The number of nitrogens with one attached hydrogen (secondary N) is 1. The number of rotatable bonds is 2. The minimum absolute atomic E-state index is 0.322. The Morgan fingerprint density at radius 2 is 2.36 bits per heavy atom. The van der Waals surface area contributed by atoms with Crippen LogP contribution >= 0.6 is 11.8 Å². The fourth-order valence-corrected chi connectivity index (χ4v) is 3.00. The van der Waals surface area contributed by atoms with Crippen molar-refractivity contribution in [3.8, 4) is 0 Å². The van der Waals surface area contributed by atoms with Crippen LogP contribution in [0.1, 0.15) is 42.3 Å². The molecule has 0 radical (unpaired) electrons. The molecule has 1 aromatic heterocycles. The summed E-state index contributed by atoms with van der Waals surface area (Å²) in [5, 5.41) is 7.80. The molecule has 2 saturated heterocycles. The van der Waals surface area contributed by atoms with Gasteiger partial charge in [0.15, 0.2) is 5.82 Å². The van der Waals surface area contributed by atoms with Gasteiger partial charge in [-0.3, -0.25) is 0 Å². The van der Waals surface area contributed by atoms with Crippen LogP contribution in [0.2, 0.25) is 0 Å². The molecular weight excluding hydrogens is 198 g/mol. The maximum atomic E-state index is 5.24. The lowest BCUT2D eigenvalue weighted by Crippen LogP contribution is -2.35. The molecule has 76 valence electrons. The van der Waals surface area contributed by atoms with Gasteiger partial charge in [-0.15, -0.1) is 0 Å². The van der Waals surface area contributed by atoms with Crippen LogP contribution in [0.3, 0.4) is 0 Å². The smallest absolute Gasteiger partial charge is 0.243 e. The quantitative estimate of drug-likeness (QED) is 0.806. The second-order valence-corrected chi connectivity index (χ2v) is 5.10. The zero-order valence-corrected chi connectivity index (χ0v) is 8.72. The highest BCUT2D eigenvalue weighted by Crippen LogP contribution is 2.38. The van der Waals surface area contributed by atoms with Gasteiger partial charge in [-0.2, -0.15) is 16.7 Å². The van der Waals surface area contributed by atoms with Gasteiger partial charge in [-0.05, 0) is 31.6 Å². The molecule has 5 heteroatoms. The molecule has 0 spiro atoms. The summed E-state index contributed by atoms with van der Waals surface area (Å²) in [4.78, 5) is 4.45. The number of hydrogen-bond donors (Lipinski definition) is 1. The van der Waals surface area contributed by atoms with Crippen LogP contribution in [0.5, 0.6) is 0 Å². The Kier molecular flexibility index (Phi) is 2.21. The van der Waals surface area contributed by atoms with E-state index in [0.29, 0.717) is 11.3 Å². The highest BCUT2D eigenvalue weighted by Gasteiger charge is 2.28. The van der Waals surface area contributed by atoms with Gasteiger partial charge in [0.25, 0.3) is 0 Å². The summed E-state index contributed by atoms with van der Waals surface area (Å²) in [7, 11) is 0. The van der Waals surface area contributed by atoms with Crippen LogP contribution < -0.4 is 5.32 Å². The van der Waals surface area contributed by atoms with E-state index in [1.807, 2.05) is 11.8 Å².